The van der Waals surface area contributed by atoms with E-state index in [1.165, 1.54) is 0 Å². The highest BCUT2D eigenvalue weighted by atomic mass is 79.9. The van der Waals surface area contributed by atoms with Gasteiger partial charge in [0, 0.05) is 11.0 Å². The lowest BCUT2D eigenvalue weighted by Crippen LogP contribution is -2.36. The topological polar surface area (TPSA) is 62.4 Å². The van der Waals surface area contributed by atoms with E-state index in [-0.39, 0.29) is 0 Å². The van der Waals surface area contributed by atoms with E-state index in [1.54, 1.807) is 12.1 Å². The molecule has 0 aromatic heterocycles. The summed E-state index contributed by atoms with van der Waals surface area (Å²) in [6.45, 7) is 2.69. The van der Waals surface area contributed by atoms with Crippen LogP contribution in [0, 0.1) is 0 Å². The Balaban J connectivity index is 2.94. The summed E-state index contributed by atoms with van der Waals surface area (Å²) in [5.74, 6) is 5.78. The van der Waals surface area contributed by atoms with Crippen molar-refractivity contribution in [3.8, 4) is 0 Å². The van der Waals surface area contributed by atoms with Crippen LogP contribution in [0.5, 0.6) is 0 Å². The summed E-state index contributed by atoms with van der Waals surface area (Å²) < 4.78 is 0.811. The SMILES string of the molecule is CCCN=C(NN)Nc1c(Cl)cc(Br)cc1Cl. The molecule has 1 aromatic carbocycles. The Bertz CT molecular complexity index is 400. The average Bonchev–Trinajstić information content (AvgIpc) is 2.27. The predicted molar refractivity (Wildman–Crippen MR) is 77.7 cm³/mol. The number of hydrogen-bond acceptors (Lipinski definition) is 2. The van der Waals surface area contributed by atoms with Crippen LogP contribution in [0.2, 0.25) is 10.0 Å². The van der Waals surface area contributed by atoms with Crippen LogP contribution in [0.15, 0.2) is 21.6 Å². The quantitative estimate of drug-likeness (QED) is 0.342. The average molecular weight is 340 g/mol. The number of benzene rings is 1. The third kappa shape index (κ3) is 4.35. The second kappa shape index (κ2) is 7.06. The second-order valence-electron chi connectivity index (χ2n) is 3.24. The maximum atomic E-state index is 6.07. The third-order valence-electron chi connectivity index (χ3n) is 1.88. The van der Waals surface area contributed by atoms with E-state index in [9.17, 15) is 0 Å². The number of nitrogens with two attached hydrogens (primary N) is 1. The van der Waals surface area contributed by atoms with Crippen molar-refractivity contribution in [2.45, 2.75) is 13.3 Å². The van der Waals surface area contributed by atoms with Gasteiger partial charge in [-0.1, -0.05) is 46.1 Å². The first-order chi connectivity index (χ1) is 8.08. The molecule has 0 heterocycles. The molecule has 4 N–H and O–H groups in total. The molecule has 94 valence electrons. The van der Waals surface area contributed by atoms with Gasteiger partial charge in [-0.2, -0.15) is 0 Å². The number of anilines is 1. The highest BCUT2D eigenvalue weighted by Crippen LogP contribution is 2.33. The van der Waals surface area contributed by atoms with E-state index >= 15 is 0 Å². The van der Waals surface area contributed by atoms with E-state index in [1.807, 2.05) is 6.92 Å². The first-order valence-corrected chi connectivity index (χ1v) is 6.56. The minimum absolute atomic E-state index is 0.429. The van der Waals surface area contributed by atoms with Crippen LogP contribution in [0.1, 0.15) is 13.3 Å². The van der Waals surface area contributed by atoms with Gasteiger partial charge in [0.15, 0.2) is 0 Å². The number of halogens is 3. The number of rotatable bonds is 3. The number of aliphatic imine (C=N–C) groups is 1. The van der Waals surface area contributed by atoms with Crippen LogP contribution in [0.25, 0.3) is 0 Å². The van der Waals surface area contributed by atoms with Gasteiger partial charge in [-0.25, -0.2) is 5.84 Å². The highest BCUT2D eigenvalue weighted by molar-refractivity contribution is 9.10. The Kier molecular flexibility index (Phi) is 6.05. The fourth-order valence-corrected chi connectivity index (χ4v) is 2.43. The Morgan fingerprint density at radius 3 is 2.47 bits per heavy atom. The van der Waals surface area contributed by atoms with Crippen molar-refractivity contribution in [3.05, 3.63) is 26.7 Å². The molecule has 0 spiro atoms. The molecular formula is C10H13BrCl2N4. The van der Waals surface area contributed by atoms with E-state index in [2.05, 4.69) is 31.7 Å². The predicted octanol–water partition coefficient (Wildman–Crippen LogP) is 3.40. The molecule has 4 nitrogen and oxygen atoms in total. The van der Waals surface area contributed by atoms with Crippen molar-refractivity contribution in [2.24, 2.45) is 10.8 Å². The largest absolute Gasteiger partial charge is 0.323 e. The Morgan fingerprint density at radius 1 is 1.41 bits per heavy atom. The fourth-order valence-electron chi connectivity index (χ4n) is 1.12. The van der Waals surface area contributed by atoms with Crippen LogP contribution in [-0.4, -0.2) is 12.5 Å². The zero-order valence-corrected chi connectivity index (χ0v) is 12.3. The summed E-state index contributed by atoms with van der Waals surface area (Å²) in [4.78, 5) is 4.20. The number of hydrogen-bond donors (Lipinski definition) is 3. The molecule has 0 atom stereocenters. The molecular weight excluding hydrogens is 327 g/mol. The van der Waals surface area contributed by atoms with Crippen molar-refractivity contribution >= 4 is 50.8 Å². The van der Waals surface area contributed by atoms with Crippen LogP contribution < -0.4 is 16.6 Å². The molecule has 0 radical (unpaired) electrons. The summed E-state index contributed by atoms with van der Waals surface area (Å²) in [5.41, 5.74) is 3.04. The minimum Gasteiger partial charge on any atom is -0.323 e. The molecule has 0 aliphatic heterocycles. The van der Waals surface area contributed by atoms with E-state index in [4.69, 9.17) is 29.0 Å². The van der Waals surface area contributed by atoms with Gasteiger partial charge >= 0.3 is 0 Å². The smallest absolute Gasteiger partial charge is 0.210 e. The van der Waals surface area contributed by atoms with Crippen LogP contribution in [-0.2, 0) is 0 Å². The van der Waals surface area contributed by atoms with Crippen LogP contribution in [0.4, 0.5) is 5.69 Å². The molecule has 0 saturated heterocycles. The summed E-state index contributed by atoms with van der Waals surface area (Å²) in [7, 11) is 0. The van der Waals surface area contributed by atoms with Crippen LogP contribution in [0.3, 0.4) is 0 Å². The minimum atomic E-state index is 0.429. The molecule has 1 aromatic rings. The molecule has 0 aliphatic rings. The van der Waals surface area contributed by atoms with E-state index < -0.39 is 0 Å². The molecule has 0 unspecified atom stereocenters. The number of hydrazine groups is 1. The lowest BCUT2D eigenvalue weighted by molar-refractivity contribution is 0.905. The van der Waals surface area contributed by atoms with E-state index in [0.29, 0.717) is 28.2 Å². The first-order valence-electron chi connectivity index (χ1n) is 5.01. The molecule has 7 heteroatoms. The van der Waals surface area contributed by atoms with Crippen molar-refractivity contribution in [3.63, 3.8) is 0 Å². The molecule has 0 bridgehead atoms. The summed E-state index contributed by atoms with van der Waals surface area (Å²) in [6.07, 6.45) is 0.925. The molecule has 1 rings (SSSR count). The number of nitrogens with one attached hydrogen (secondary N) is 2. The maximum Gasteiger partial charge on any atom is 0.210 e. The van der Waals surface area contributed by atoms with Gasteiger partial charge in [-0.05, 0) is 18.6 Å². The van der Waals surface area contributed by atoms with Gasteiger partial charge < -0.3 is 5.32 Å². The van der Waals surface area contributed by atoms with Gasteiger partial charge in [-0.3, -0.25) is 10.4 Å². The van der Waals surface area contributed by atoms with Crippen molar-refractivity contribution < 1.29 is 0 Å². The highest BCUT2D eigenvalue weighted by Gasteiger charge is 2.09. The van der Waals surface area contributed by atoms with Crippen LogP contribution >= 0.6 is 39.1 Å². The molecule has 17 heavy (non-hydrogen) atoms. The molecule has 0 fully saturated rings. The molecule has 0 aliphatic carbocycles. The summed E-state index contributed by atoms with van der Waals surface area (Å²) in [6, 6.07) is 3.48. The third-order valence-corrected chi connectivity index (χ3v) is 2.93. The number of guanidine groups is 1. The normalized spacial score (nSPS) is 11.5. The van der Waals surface area contributed by atoms with Gasteiger partial charge in [0.05, 0.1) is 15.7 Å². The van der Waals surface area contributed by atoms with Gasteiger partial charge in [0.1, 0.15) is 0 Å². The number of nitrogens with zero attached hydrogens (tertiary/aromatic N) is 1. The Hall–Kier alpha value is -0.490. The second-order valence-corrected chi connectivity index (χ2v) is 4.97. The first kappa shape index (κ1) is 14.6. The molecule has 0 saturated carbocycles. The zero-order chi connectivity index (χ0) is 12.8. The maximum absolute atomic E-state index is 6.07. The van der Waals surface area contributed by atoms with Gasteiger partial charge in [0.2, 0.25) is 5.96 Å². The lowest BCUT2D eigenvalue weighted by atomic mass is 10.3. The van der Waals surface area contributed by atoms with Crippen molar-refractivity contribution in [1.82, 2.24) is 5.43 Å². The Labute approximate surface area is 119 Å². The van der Waals surface area contributed by atoms with Gasteiger partial charge in [-0.15, -0.1) is 0 Å². The standard InChI is InChI=1S/C10H13BrCl2N4/c1-2-3-15-10(17-14)16-9-7(12)4-6(11)5-8(9)13/h4-5H,2-3,14H2,1H3,(H2,15,16,17). The fraction of sp³-hybridized carbons (Fsp3) is 0.300. The lowest BCUT2D eigenvalue weighted by Gasteiger charge is -2.12. The summed E-state index contributed by atoms with van der Waals surface area (Å²) in [5, 5.41) is 3.94. The molecule has 0 amide bonds. The van der Waals surface area contributed by atoms with Crippen molar-refractivity contribution in [1.29, 1.82) is 0 Å². The van der Waals surface area contributed by atoms with Crippen molar-refractivity contribution in [2.75, 3.05) is 11.9 Å². The van der Waals surface area contributed by atoms with E-state index in [0.717, 1.165) is 10.9 Å². The Morgan fingerprint density at radius 2 is 2.00 bits per heavy atom. The monoisotopic (exact) mass is 338 g/mol. The summed E-state index contributed by atoms with van der Waals surface area (Å²) >= 11 is 15.4. The zero-order valence-electron chi connectivity index (χ0n) is 9.23. The van der Waals surface area contributed by atoms with Gasteiger partial charge in [0.25, 0.3) is 0 Å².